The standard InChI is InChI=1S/C11H12ClNO3/c12-9-3-2-8(6-10(9)13(15)16)11(7-14)4-1-5-11/h2-3,6,14H,1,4-5,7H2. The molecule has 0 saturated heterocycles. The number of nitro benzene ring substituents is 1. The van der Waals surface area contributed by atoms with E-state index in [-0.39, 0.29) is 22.7 Å². The van der Waals surface area contributed by atoms with Gasteiger partial charge in [0.15, 0.2) is 0 Å². The first-order valence-corrected chi connectivity index (χ1v) is 5.52. The fourth-order valence-electron chi connectivity index (χ4n) is 2.12. The summed E-state index contributed by atoms with van der Waals surface area (Å²) in [5, 5.41) is 20.3. The molecule has 1 aliphatic carbocycles. The van der Waals surface area contributed by atoms with Gasteiger partial charge in [0.05, 0.1) is 11.5 Å². The highest BCUT2D eigenvalue weighted by Crippen LogP contribution is 2.44. The minimum absolute atomic E-state index is 0.0335. The predicted octanol–water partition coefficient (Wildman–Crippen LogP) is 2.66. The number of aliphatic hydroxyl groups is 1. The number of halogens is 1. The van der Waals surface area contributed by atoms with E-state index in [9.17, 15) is 15.2 Å². The Bertz CT molecular complexity index is 424. The Morgan fingerprint density at radius 3 is 2.62 bits per heavy atom. The lowest BCUT2D eigenvalue weighted by molar-refractivity contribution is -0.384. The van der Waals surface area contributed by atoms with Gasteiger partial charge in [-0.25, -0.2) is 0 Å². The molecule has 2 rings (SSSR count). The first kappa shape index (κ1) is 11.4. The van der Waals surface area contributed by atoms with Crippen LogP contribution < -0.4 is 0 Å². The van der Waals surface area contributed by atoms with Crippen molar-refractivity contribution in [3.05, 3.63) is 38.9 Å². The zero-order chi connectivity index (χ0) is 11.8. The largest absolute Gasteiger partial charge is 0.395 e. The van der Waals surface area contributed by atoms with E-state index in [0.717, 1.165) is 24.8 Å². The minimum atomic E-state index is -0.491. The van der Waals surface area contributed by atoms with Crippen LogP contribution in [0.25, 0.3) is 0 Å². The lowest BCUT2D eigenvalue weighted by Crippen LogP contribution is -2.37. The van der Waals surface area contributed by atoms with Gasteiger partial charge in [0, 0.05) is 11.5 Å². The van der Waals surface area contributed by atoms with Crippen molar-refractivity contribution >= 4 is 17.3 Å². The molecule has 86 valence electrons. The van der Waals surface area contributed by atoms with Gasteiger partial charge in [0.25, 0.3) is 5.69 Å². The van der Waals surface area contributed by atoms with E-state index >= 15 is 0 Å². The van der Waals surface area contributed by atoms with Gasteiger partial charge in [0.2, 0.25) is 0 Å². The van der Waals surface area contributed by atoms with Gasteiger partial charge >= 0.3 is 0 Å². The maximum atomic E-state index is 10.8. The van der Waals surface area contributed by atoms with Crippen LogP contribution in [0, 0.1) is 10.1 Å². The summed E-state index contributed by atoms with van der Waals surface area (Å²) in [7, 11) is 0. The topological polar surface area (TPSA) is 63.4 Å². The van der Waals surface area contributed by atoms with Crippen molar-refractivity contribution in [2.75, 3.05) is 6.61 Å². The van der Waals surface area contributed by atoms with Crippen LogP contribution in [0.1, 0.15) is 24.8 Å². The molecular weight excluding hydrogens is 230 g/mol. The second-order valence-corrected chi connectivity index (χ2v) is 4.62. The van der Waals surface area contributed by atoms with Crippen LogP contribution in [0.4, 0.5) is 5.69 Å². The van der Waals surface area contributed by atoms with E-state index < -0.39 is 4.92 Å². The van der Waals surface area contributed by atoms with Gasteiger partial charge in [0.1, 0.15) is 5.02 Å². The third-order valence-electron chi connectivity index (χ3n) is 3.37. The molecule has 0 aromatic heterocycles. The van der Waals surface area contributed by atoms with E-state index in [1.54, 1.807) is 6.07 Å². The molecule has 1 aliphatic rings. The van der Waals surface area contributed by atoms with E-state index in [1.165, 1.54) is 12.1 Å². The molecule has 16 heavy (non-hydrogen) atoms. The van der Waals surface area contributed by atoms with Crippen molar-refractivity contribution in [1.82, 2.24) is 0 Å². The number of hydrogen-bond donors (Lipinski definition) is 1. The second kappa shape index (κ2) is 4.03. The Hall–Kier alpha value is -1.13. The van der Waals surface area contributed by atoms with E-state index in [2.05, 4.69) is 0 Å². The lowest BCUT2D eigenvalue weighted by atomic mass is 9.65. The lowest BCUT2D eigenvalue weighted by Gasteiger charge is -2.40. The monoisotopic (exact) mass is 241 g/mol. The summed E-state index contributed by atoms with van der Waals surface area (Å²) in [6.45, 7) is 0.0335. The first-order chi connectivity index (χ1) is 7.59. The number of nitrogens with zero attached hydrogens (tertiary/aromatic N) is 1. The molecule has 0 heterocycles. The summed E-state index contributed by atoms with van der Waals surface area (Å²) >= 11 is 5.74. The van der Waals surface area contributed by atoms with Crippen LogP contribution in [0.3, 0.4) is 0 Å². The fraction of sp³-hybridized carbons (Fsp3) is 0.455. The molecule has 0 spiro atoms. The average Bonchev–Trinajstić information content (AvgIpc) is 2.19. The molecule has 0 aliphatic heterocycles. The molecule has 0 amide bonds. The van der Waals surface area contributed by atoms with Crippen LogP contribution >= 0.6 is 11.6 Å². The first-order valence-electron chi connectivity index (χ1n) is 5.14. The van der Waals surface area contributed by atoms with Gasteiger partial charge in [-0.15, -0.1) is 0 Å². The molecule has 0 atom stereocenters. The molecule has 1 fully saturated rings. The zero-order valence-corrected chi connectivity index (χ0v) is 9.41. The Balaban J connectivity index is 2.43. The number of hydrogen-bond acceptors (Lipinski definition) is 3. The summed E-state index contributed by atoms with van der Waals surface area (Å²) in [6.07, 6.45) is 2.81. The van der Waals surface area contributed by atoms with E-state index in [4.69, 9.17) is 11.6 Å². The van der Waals surface area contributed by atoms with E-state index in [1.807, 2.05) is 0 Å². The number of rotatable bonds is 3. The number of aliphatic hydroxyl groups excluding tert-OH is 1. The molecule has 1 N–H and O–H groups in total. The average molecular weight is 242 g/mol. The Morgan fingerprint density at radius 1 is 1.50 bits per heavy atom. The molecular formula is C11H12ClNO3. The summed E-state index contributed by atoms with van der Waals surface area (Å²) in [4.78, 5) is 10.3. The molecule has 1 saturated carbocycles. The summed E-state index contributed by atoms with van der Waals surface area (Å²) in [6, 6.07) is 4.78. The second-order valence-electron chi connectivity index (χ2n) is 4.22. The van der Waals surface area contributed by atoms with Crippen LogP contribution in [0.2, 0.25) is 5.02 Å². The smallest absolute Gasteiger partial charge is 0.288 e. The Morgan fingerprint density at radius 2 is 2.19 bits per heavy atom. The van der Waals surface area contributed by atoms with Crippen molar-refractivity contribution in [2.45, 2.75) is 24.7 Å². The van der Waals surface area contributed by atoms with Crippen molar-refractivity contribution < 1.29 is 10.0 Å². The van der Waals surface area contributed by atoms with Gasteiger partial charge < -0.3 is 5.11 Å². The summed E-state index contributed by atoms with van der Waals surface area (Å²) in [5.41, 5.74) is 0.450. The Kier molecular flexibility index (Phi) is 2.86. The normalized spacial score (nSPS) is 17.9. The molecule has 0 bridgehead atoms. The maximum absolute atomic E-state index is 10.8. The quantitative estimate of drug-likeness (QED) is 0.654. The minimum Gasteiger partial charge on any atom is -0.395 e. The number of nitro groups is 1. The fourth-order valence-corrected chi connectivity index (χ4v) is 2.31. The highest BCUT2D eigenvalue weighted by atomic mass is 35.5. The van der Waals surface area contributed by atoms with Crippen LogP contribution in [-0.2, 0) is 5.41 Å². The summed E-state index contributed by atoms with van der Waals surface area (Å²) < 4.78 is 0. The predicted molar refractivity (Wildman–Crippen MR) is 60.7 cm³/mol. The van der Waals surface area contributed by atoms with Gasteiger partial charge in [-0.3, -0.25) is 10.1 Å². The van der Waals surface area contributed by atoms with Crippen molar-refractivity contribution in [1.29, 1.82) is 0 Å². The van der Waals surface area contributed by atoms with Gasteiger partial charge in [-0.2, -0.15) is 0 Å². The molecule has 0 unspecified atom stereocenters. The van der Waals surface area contributed by atoms with Gasteiger partial charge in [-0.05, 0) is 24.5 Å². The molecule has 0 radical (unpaired) electrons. The zero-order valence-electron chi connectivity index (χ0n) is 8.65. The third-order valence-corrected chi connectivity index (χ3v) is 3.69. The molecule has 1 aromatic carbocycles. The highest BCUT2D eigenvalue weighted by molar-refractivity contribution is 6.32. The van der Waals surface area contributed by atoms with E-state index in [0.29, 0.717) is 0 Å². The van der Waals surface area contributed by atoms with Gasteiger partial charge in [-0.1, -0.05) is 24.1 Å². The maximum Gasteiger partial charge on any atom is 0.288 e. The van der Waals surface area contributed by atoms with Crippen LogP contribution in [0.15, 0.2) is 18.2 Å². The summed E-state index contributed by atoms with van der Waals surface area (Å²) in [5.74, 6) is 0. The number of benzene rings is 1. The Labute approximate surface area is 98.0 Å². The van der Waals surface area contributed by atoms with Crippen molar-refractivity contribution in [3.63, 3.8) is 0 Å². The molecule has 1 aromatic rings. The third kappa shape index (κ3) is 1.68. The molecule has 5 heteroatoms. The molecule has 4 nitrogen and oxygen atoms in total. The van der Waals surface area contributed by atoms with Crippen LogP contribution in [-0.4, -0.2) is 16.6 Å². The SMILES string of the molecule is O=[N+]([O-])c1cc(C2(CO)CCC2)ccc1Cl. The highest BCUT2D eigenvalue weighted by Gasteiger charge is 2.39. The van der Waals surface area contributed by atoms with Crippen LogP contribution in [0.5, 0.6) is 0 Å². The van der Waals surface area contributed by atoms with Crippen molar-refractivity contribution in [2.24, 2.45) is 0 Å². The van der Waals surface area contributed by atoms with Crippen molar-refractivity contribution in [3.8, 4) is 0 Å².